The zero-order valence-electron chi connectivity index (χ0n) is 22.0. The first-order valence-corrected chi connectivity index (χ1v) is 14.4. The van der Waals surface area contributed by atoms with Crippen LogP contribution in [0.25, 0.3) is 0 Å². The van der Waals surface area contributed by atoms with Gasteiger partial charge in [0.25, 0.3) is 21.8 Å². The molecule has 3 N–H and O–H groups in total. The van der Waals surface area contributed by atoms with Gasteiger partial charge in [-0.25, -0.2) is 13.2 Å². The first-order chi connectivity index (χ1) is 18.7. The molecule has 0 radical (unpaired) electrons. The number of anilines is 1. The lowest BCUT2D eigenvalue weighted by atomic mass is 9.86. The Hall–Kier alpha value is -3.60. The molecule has 2 amide bonds. The highest BCUT2D eigenvalue weighted by Gasteiger charge is 2.43. The number of nitrogens with zero attached hydrogens (tertiary/aromatic N) is 1. The van der Waals surface area contributed by atoms with E-state index in [1.54, 1.807) is 51.1 Å². The number of nitrogens with one attached hydrogen (secondary N) is 2. The summed E-state index contributed by atoms with van der Waals surface area (Å²) in [5, 5.41) is 16.1. The van der Waals surface area contributed by atoms with E-state index in [1.807, 2.05) is 0 Å². The van der Waals surface area contributed by atoms with Crippen LogP contribution in [0.1, 0.15) is 41.5 Å². The summed E-state index contributed by atoms with van der Waals surface area (Å²) in [5.74, 6) is -2.25. The molecule has 12 heteroatoms. The van der Waals surface area contributed by atoms with Gasteiger partial charge in [-0.3, -0.25) is 13.9 Å². The van der Waals surface area contributed by atoms with Crippen LogP contribution < -0.4 is 14.9 Å². The molecule has 0 spiro atoms. The molecule has 3 rings (SSSR count). The molecule has 0 saturated carbocycles. The van der Waals surface area contributed by atoms with Crippen molar-refractivity contribution in [3.63, 3.8) is 0 Å². The highest BCUT2D eigenvalue weighted by atomic mass is 35.5. The maximum absolute atomic E-state index is 13.9. The van der Waals surface area contributed by atoms with Crippen molar-refractivity contribution in [3.8, 4) is 0 Å². The zero-order valence-corrected chi connectivity index (χ0v) is 24.3. The average molecular weight is 607 g/mol. The van der Waals surface area contributed by atoms with Crippen molar-refractivity contribution in [2.45, 2.75) is 31.7 Å². The Morgan fingerprint density at radius 3 is 1.95 bits per heavy atom. The smallest absolute Gasteiger partial charge is 0.328 e. The van der Waals surface area contributed by atoms with Crippen LogP contribution >= 0.6 is 23.2 Å². The third-order valence-electron chi connectivity index (χ3n) is 5.81. The van der Waals surface area contributed by atoms with Gasteiger partial charge in [-0.1, -0.05) is 56.1 Å². The second kappa shape index (κ2) is 12.7. The molecule has 3 aromatic carbocycles. The molecule has 40 heavy (non-hydrogen) atoms. The Bertz CT molecular complexity index is 1500. The van der Waals surface area contributed by atoms with E-state index in [0.29, 0.717) is 10.6 Å². The molecule has 0 aliphatic rings. The van der Waals surface area contributed by atoms with Gasteiger partial charge in [-0.05, 0) is 66.1 Å². The minimum absolute atomic E-state index is 0.0405. The largest absolute Gasteiger partial charge is 0.480 e. The summed E-state index contributed by atoms with van der Waals surface area (Å²) in [6.45, 7) is 5.06. The van der Waals surface area contributed by atoms with Crippen LogP contribution in [-0.2, 0) is 14.8 Å². The predicted octanol–water partition coefficient (Wildman–Crippen LogP) is 4.85. The topological polar surface area (TPSA) is 133 Å². The van der Waals surface area contributed by atoms with Crippen molar-refractivity contribution in [2.24, 2.45) is 5.41 Å². The highest BCUT2D eigenvalue weighted by molar-refractivity contribution is 7.93. The van der Waals surface area contributed by atoms with Crippen molar-refractivity contribution in [1.29, 1.82) is 0 Å². The van der Waals surface area contributed by atoms with E-state index in [9.17, 15) is 27.9 Å². The normalized spacial score (nSPS) is 12.3. The third-order valence-corrected chi connectivity index (χ3v) is 8.08. The summed E-state index contributed by atoms with van der Waals surface area (Å²) in [5.41, 5.74) is -0.486. The molecule has 0 fully saturated rings. The summed E-state index contributed by atoms with van der Waals surface area (Å²) < 4.78 is 28.7. The van der Waals surface area contributed by atoms with E-state index in [2.05, 4.69) is 10.6 Å². The van der Waals surface area contributed by atoms with Crippen LogP contribution in [0.4, 0.5) is 5.69 Å². The predicted molar refractivity (Wildman–Crippen MR) is 155 cm³/mol. The van der Waals surface area contributed by atoms with E-state index in [-0.39, 0.29) is 40.2 Å². The van der Waals surface area contributed by atoms with E-state index in [1.165, 1.54) is 42.5 Å². The van der Waals surface area contributed by atoms with Crippen LogP contribution in [0.2, 0.25) is 10.0 Å². The molecule has 212 valence electrons. The minimum Gasteiger partial charge on any atom is -0.480 e. The molecule has 0 aliphatic carbocycles. The number of amides is 2. The molecule has 3 aromatic rings. The Morgan fingerprint density at radius 2 is 1.40 bits per heavy atom. The number of aliphatic carboxylic acids is 1. The molecule has 0 aliphatic heterocycles. The monoisotopic (exact) mass is 605 g/mol. The van der Waals surface area contributed by atoms with Gasteiger partial charge in [0.15, 0.2) is 0 Å². The van der Waals surface area contributed by atoms with Crippen LogP contribution in [0.15, 0.2) is 77.7 Å². The van der Waals surface area contributed by atoms with Gasteiger partial charge in [-0.2, -0.15) is 0 Å². The maximum atomic E-state index is 13.9. The SMILES string of the molecule is CC(C)(C)C(C(=O)O)N(c1cccc(Cl)c1)S(=O)(=O)c1cccc(C(=O)NCCNC(=O)c2ccc(Cl)cc2)c1. The lowest BCUT2D eigenvalue weighted by Crippen LogP contribution is -2.52. The van der Waals surface area contributed by atoms with E-state index in [0.717, 1.165) is 4.31 Å². The molecule has 9 nitrogen and oxygen atoms in total. The van der Waals surface area contributed by atoms with Gasteiger partial charge in [0.2, 0.25) is 0 Å². The van der Waals surface area contributed by atoms with E-state index in [4.69, 9.17) is 23.2 Å². The Balaban J connectivity index is 1.82. The first kappa shape index (κ1) is 30.9. The summed E-state index contributed by atoms with van der Waals surface area (Å²) in [4.78, 5) is 37.1. The average Bonchev–Trinajstić information content (AvgIpc) is 2.88. The van der Waals surface area contributed by atoms with Crippen molar-refractivity contribution in [3.05, 3.63) is 94.0 Å². The zero-order chi connectivity index (χ0) is 29.7. The van der Waals surface area contributed by atoms with Crippen molar-refractivity contribution < 1.29 is 27.9 Å². The van der Waals surface area contributed by atoms with Crippen molar-refractivity contribution >= 4 is 56.7 Å². The lowest BCUT2D eigenvalue weighted by molar-refractivity contribution is -0.140. The number of hydrogen-bond donors (Lipinski definition) is 3. The number of carboxylic acid groups (broad SMARTS) is 1. The maximum Gasteiger partial charge on any atom is 0.328 e. The van der Waals surface area contributed by atoms with Crippen molar-refractivity contribution in [2.75, 3.05) is 17.4 Å². The van der Waals surface area contributed by atoms with Gasteiger partial charge in [0.05, 0.1) is 10.6 Å². The van der Waals surface area contributed by atoms with Crippen LogP contribution in [-0.4, -0.2) is 50.4 Å². The fourth-order valence-electron chi connectivity index (χ4n) is 3.93. The number of hydrogen-bond acceptors (Lipinski definition) is 5. The number of carbonyl (C=O) groups is 3. The van der Waals surface area contributed by atoms with Gasteiger partial charge < -0.3 is 15.7 Å². The van der Waals surface area contributed by atoms with Crippen LogP contribution in [0.5, 0.6) is 0 Å². The van der Waals surface area contributed by atoms with Crippen molar-refractivity contribution in [1.82, 2.24) is 10.6 Å². The summed E-state index contributed by atoms with van der Waals surface area (Å²) in [6.07, 6.45) is 0. The summed E-state index contributed by atoms with van der Waals surface area (Å²) >= 11 is 11.9. The summed E-state index contributed by atoms with van der Waals surface area (Å²) in [6, 6.07) is 16.0. The number of rotatable bonds is 10. The van der Waals surface area contributed by atoms with Crippen LogP contribution in [0.3, 0.4) is 0 Å². The second-order valence-corrected chi connectivity index (χ2v) is 12.6. The van der Waals surface area contributed by atoms with E-state index < -0.39 is 33.4 Å². The summed E-state index contributed by atoms with van der Waals surface area (Å²) in [7, 11) is -4.48. The molecule has 1 atom stereocenters. The lowest BCUT2D eigenvalue weighted by Gasteiger charge is -2.37. The molecule has 0 aromatic heterocycles. The Labute approximate surface area is 243 Å². The van der Waals surface area contributed by atoms with Gasteiger partial charge >= 0.3 is 5.97 Å². The third kappa shape index (κ3) is 7.53. The second-order valence-electron chi connectivity index (χ2n) is 9.93. The molecule has 1 unspecified atom stereocenters. The molecule has 0 heterocycles. The van der Waals surface area contributed by atoms with Crippen LogP contribution in [0, 0.1) is 5.41 Å². The van der Waals surface area contributed by atoms with Gasteiger partial charge in [0.1, 0.15) is 6.04 Å². The molecular weight excluding hydrogens is 577 g/mol. The number of sulfonamides is 1. The van der Waals surface area contributed by atoms with Gasteiger partial charge in [-0.15, -0.1) is 0 Å². The fraction of sp³-hybridized carbons (Fsp3) is 0.250. The Morgan fingerprint density at radius 1 is 0.825 bits per heavy atom. The molecule has 0 saturated heterocycles. The number of benzene rings is 3. The Kier molecular flexibility index (Phi) is 9.83. The number of carbonyl (C=O) groups excluding carboxylic acids is 2. The number of halogens is 2. The highest BCUT2D eigenvalue weighted by Crippen LogP contribution is 2.35. The fourth-order valence-corrected chi connectivity index (χ4v) is 6.07. The van der Waals surface area contributed by atoms with E-state index >= 15 is 0 Å². The first-order valence-electron chi connectivity index (χ1n) is 12.2. The quantitative estimate of drug-likeness (QED) is 0.283. The number of carboxylic acids is 1. The van der Waals surface area contributed by atoms with Gasteiger partial charge in [0, 0.05) is 34.3 Å². The molecular formula is C28H29Cl2N3O6S. The standard InChI is InChI=1S/C28H29Cl2N3O6S/c1-28(2,3)24(27(36)37)33(22-8-5-7-21(30)17-22)40(38,39)23-9-4-6-19(16-23)26(35)32-15-14-31-25(34)18-10-12-20(29)13-11-18/h4-13,16-17,24H,14-15H2,1-3H3,(H,31,34)(H,32,35)(H,36,37). The minimum atomic E-state index is -4.48. The molecule has 0 bridgehead atoms.